The second kappa shape index (κ2) is 6.13. The van der Waals surface area contributed by atoms with Crippen LogP contribution in [0.4, 0.5) is 5.82 Å². The highest BCUT2D eigenvalue weighted by molar-refractivity contribution is 5.33. The molecule has 2 rings (SSSR count). The molecule has 1 unspecified atom stereocenters. The van der Waals surface area contributed by atoms with E-state index in [1.54, 1.807) is 0 Å². The molecule has 100 valence electrons. The molecule has 5 nitrogen and oxygen atoms in total. The quantitative estimate of drug-likeness (QED) is 0.599. The Hall–Kier alpha value is -1.17. The van der Waals surface area contributed by atoms with Gasteiger partial charge in [0.25, 0.3) is 0 Å². The first-order valence-corrected chi connectivity index (χ1v) is 6.50. The SMILES string of the molecule is CN(C)CC1CCCN1Cc1cccc(NN)n1. The molecule has 1 aromatic heterocycles. The summed E-state index contributed by atoms with van der Waals surface area (Å²) in [4.78, 5) is 9.25. The zero-order chi connectivity index (χ0) is 13.0. The Kier molecular flexibility index (Phi) is 4.52. The van der Waals surface area contributed by atoms with Crippen molar-refractivity contribution in [2.75, 3.05) is 32.6 Å². The number of nitrogens with zero attached hydrogens (tertiary/aromatic N) is 3. The lowest BCUT2D eigenvalue weighted by Crippen LogP contribution is -2.37. The number of likely N-dealkylation sites (N-methyl/N-ethyl adjacent to an activating group) is 1. The summed E-state index contributed by atoms with van der Waals surface area (Å²) in [5, 5.41) is 0. The van der Waals surface area contributed by atoms with Crippen LogP contribution in [0.25, 0.3) is 0 Å². The minimum Gasteiger partial charge on any atom is -0.308 e. The molecule has 1 atom stereocenters. The maximum absolute atomic E-state index is 5.39. The predicted molar refractivity (Wildman–Crippen MR) is 74.0 cm³/mol. The fourth-order valence-electron chi connectivity index (χ4n) is 2.59. The number of nitrogens with two attached hydrogens (primary N) is 1. The molecule has 1 aliphatic rings. The van der Waals surface area contributed by atoms with Gasteiger partial charge in [-0.3, -0.25) is 4.90 Å². The van der Waals surface area contributed by atoms with Gasteiger partial charge in [0.1, 0.15) is 5.82 Å². The van der Waals surface area contributed by atoms with Crippen molar-refractivity contribution >= 4 is 5.82 Å². The number of hydrogen-bond acceptors (Lipinski definition) is 5. The molecular weight excluding hydrogens is 226 g/mol. The third-order valence-corrected chi connectivity index (χ3v) is 3.39. The topological polar surface area (TPSA) is 57.4 Å². The van der Waals surface area contributed by atoms with E-state index in [1.807, 2.05) is 12.1 Å². The van der Waals surface area contributed by atoms with Gasteiger partial charge in [0.2, 0.25) is 0 Å². The van der Waals surface area contributed by atoms with Crippen LogP contribution in [-0.2, 0) is 6.54 Å². The van der Waals surface area contributed by atoms with Crippen LogP contribution in [0.5, 0.6) is 0 Å². The minimum absolute atomic E-state index is 0.649. The molecule has 1 aliphatic heterocycles. The smallest absolute Gasteiger partial charge is 0.140 e. The van der Waals surface area contributed by atoms with Gasteiger partial charge in [0.15, 0.2) is 0 Å². The lowest BCUT2D eigenvalue weighted by atomic mass is 10.2. The summed E-state index contributed by atoms with van der Waals surface area (Å²) in [6.07, 6.45) is 2.57. The van der Waals surface area contributed by atoms with E-state index < -0.39 is 0 Å². The number of rotatable bonds is 5. The monoisotopic (exact) mass is 249 g/mol. The van der Waals surface area contributed by atoms with Crippen molar-refractivity contribution in [2.24, 2.45) is 5.84 Å². The summed E-state index contributed by atoms with van der Waals surface area (Å²) in [6.45, 7) is 3.20. The molecule has 0 aliphatic carbocycles. The van der Waals surface area contributed by atoms with Crippen molar-refractivity contribution in [3.63, 3.8) is 0 Å². The molecule has 18 heavy (non-hydrogen) atoms. The van der Waals surface area contributed by atoms with E-state index in [-0.39, 0.29) is 0 Å². The molecule has 0 amide bonds. The molecule has 1 aromatic rings. The van der Waals surface area contributed by atoms with Crippen molar-refractivity contribution < 1.29 is 0 Å². The Labute approximate surface area is 109 Å². The zero-order valence-electron chi connectivity index (χ0n) is 11.3. The molecule has 0 aromatic carbocycles. The number of hydrogen-bond donors (Lipinski definition) is 2. The van der Waals surface area contributed by atoms with E-state index in [0.717, 1.165) is 24.6 Å². The molecule has 5 heteroatoms. The summed E-state index contributed by atoms with van der Waals surface area (Å²) in [7, 11) is 4.27. The van der Waals surface area contributed by atoms with Crippen molar-refractivity contribution in [2.45, 2.75) is 25.4 Å². The average Bonchev–Trinajstić information content (AvgIpc) is 2.76. The fraction of sp³-hybridized carbons (Fsp3) is 0.615. The second-order valence-corrected chi connectivity index (χ2v) is 5.19. The maximum atomic E-state index is 5.39. The minimum atomic E-state index is 0.649. The number of nitrogens with one attached hydrogen (secondary N) is 1. The summed E-state index contributed by atoms with van der Waals surface area (Å²) < 4.78 is 0. The molecule has 1 fully saturated rings. The molecule has 2 heterocycles. The molecule has 1 saturated heterocycles. The van der Waals surface area contributed by atoms with Gasteiger partial charge >= 0.3 is 0 Å². The summed E-state index contributed by atoms with van der Waals surface area (Å²) in [5.41, 5.74) is 3.68. The molecule has 0 radical (unpaired) electrons. The van der Waals surface area contributed by atoms with E-state index in [9.17, 15) is 0 Å². The van der Waals surface area contributed by atoms with E-state index in [1.165, 1.54) is 19.4 Å². The molecule has 0 spiro atoms. The van der Waals surface area contributed by atoms with Gasteiger partial charge in [-0.15, -0.1) is 0 Å². The maximum Gasteiger partial charge on any atom is 0.140 e. The summed E-state index contributed by atoms with van der Waals surface area (Å²) >= 11 is 0. The van der Waals surface area contributed by atoms with Crippen LogP contribution in [0.15, 0.2) is 18.2 Å². The van der Waals surface area contributed by atoms with Gasteiger partial charge in [0, 0.05) is 19.1 Å². The lowest BCUT2D eigenvalue weighted by molar-refractivity contribution is 0.199. The Morgan fingerprint density at radius 2 is 2.33 bits per heavy atom. The average molecular weight is 249 g/mol. The number of anilines is 1. The van der Waals surface area contributed by atoms with Gasteiger partial charge in [0.05, 0.1) is 5.69 Å². The van der Waals surface area contributed by atoms with Crippen LogP contribution in [0.2, 0.25) is 0 Å². The fourth-order valence-corrected chi connectivity index (χ4v) is 2.59. The highest BCUT2D eigenvalue weighted by Gasteiger charge is 2.25. The van der Waals surface area contributed by atoms with Gasteiger partial charge in [-0.2, -0.15) is 0 Å². The van der Waals surface area contributed by atoms with Gasteiger partial charge < -0.3 is 10.3 Å². The third-order valence-electron chi connectivity index (χ3n) is 3.39. The standard InChI is InChI=1S/C13H23N5/c1-17(2)10-12-6-4-8-18(12)9-11-5-3-7-13(15-11)16-14/h3,5,7,12H,4,6,8-10,14H2,1-2H3,(H,15,16). The predicted octanol–water partition coefficient (Wildman–Crippen LogP) is 0.893. The Morgan fingerprint density at radius 1 is 1.50 bits per heavy atom. The number of aromatic nitrogens is 1. The number of pyridine rings is 1. The number of hydrazine groups is 1. The van der Waals surface area contributed by atoms with E-state index in [4.69, 9.17) is 5.84 Å². The van der Waals surface area contributed by atoms with Crippen LogP contribution >= 0.6 is 0 Å². The highest BCUT2D eigenvalue weighted by atomic mass is 15.3. The van der Waals surface area contributed by atoms with Crippen LogP contribution in [-0.4, -0.2) is 48.0 Å². The first kappa shape index (κ1) is 13.3. The number of likely N-dealkylation sites (tertiary alicyclic amines) is 1. The first-order chi connectivity index (χ1) is 8.69. The lowest BCUT2D eigenvalue weighted by Gasteiger charge is -2.26. The molecule has 0 bridgehead atoms. The Bertz CT molecular complexity index is 379. The van der Waals surface area contributed by atoms with Gasteiger partial charge in [-0.25, -0.2) is 10.8 Å². The van der Waals surface area contributed by atoms with Crippen LogP contribution in [0.3, 0.4) is 0 Å². The molecule has 3 N–H and O–H groups in total. The first-order valence-electron chi connectivity index (χ1n) is 6.50. The van der Waals surface area contributed by atoms with E-state index >= 15 is 0 Å². The van der Waals surface area contributed by atoms with Gasteiger partial charge in [-0.1, -0.05) is 6.07 Å². The van der Waals surface area contributed by atoms with Crippen molar-refractivity contribution in [3.8, 4) is 0 Å². The van der Waals surface area contributed by atoms with Crippen LogP contribution in [0.1, 0.15) is 18.5 Å². The summed E-state index contributed by atoms with van der Waals surface area (Å²) in [5.74, 6) is 6.12. The number of nitrogen functional groups attached to an aromatic ring is 1. The Balaban J connectivity index is 1.98. The van der Waals surface area contributed by atoms with Crippen LogP contribution < -0.4 is 11.3 Å². The second-order valence-electron chi connectivity index (χ2n) is 5.19. The van der Waals surface area contributed by atoms with E-state index in [0.29, 0.717) is 6.04 Å². The summed E-state index contributed by atoms with van der Waals surface area (Å²) in [6, 6.07) is 6.59. The third kappa shape index (κ3) is 3.41. The van der Waals surface area contributed by atoms with Crippen LogP contribution in [0, 0.1) is 0 Å². The van der Waals surface area contributed by atoms with Crippen molar-refractivity contribution in [1.82, 2.24) is 14.8 Å². The van der Waals surface area contributed by atoms with Crippen molar-refractivity contribution in [3.05, 3.63) is 23.9 Å². The molecule has 0 saturated carbocycles. The molecular formula is C13H23N5. The van der Waals surface area contributed by atoms with Crippen molar-refractivity contribution in [1.29, 1.82) is 0 Å². The van der Waals surface area contributed by atoms with Gasteiger partial charge in [-0.05, 0) is 45.6 Å². The normalized spacial score (nSPS) is 20.6. The largest absolute Gasteiger partial charge is 0.308 e. The Morgan fingerprint density at radius 3 is 3.06 bits per heavy atom. The highest BCUT2D eigenvalue weighted by Crippen LogP contribution is 2.20. The van der Waals surface area contributed by atoms with E-state index in [2.05, 4.69) is 40.4 Å². The zero-order valence-corrected chi connectivity index (χ0v) is 11.3.